The number of carbonyl (C=O) groups excluding carboxylic acids is 1. The van der Waals surface area contributed by atoms with Crippen molar-refractivity contribution in [2.24, 2.45) is 11.3 Å². The highest BCUT2D eigenvalue weighted by Crippen LogP contribution is 2.46. The van der Waals surface area contributed by atoms with Crippen LogP contribution in [-0.2, 0) is 14.8 Å². The average Bonchev–Trinajstić information content (AvgIpc) is 2.89. The fourth-order valence-corrected chi connectivity index (χ4v) is 5.03. The van der Waals surface area contributed by atoms with Crippen LogP contribution in [0.25, 0.3) is 11.0 Å². The molecule has 1 aliphatic carbocycles. The summed E-state index contributed by atoms with van der Waals surface area (Å²) in [4.78, 5) is 12.6. The Bertz CT molecular complexity index is 839. The van der Waals surface area contributed by atoms with E-state index in [0.717, 1.165) is 31.0 Å². The van der Waals surface area contributed by atoms with Gasteiger partial charge in [0, 0.05) is 0 Å². The molecule has 1 aliphatic rings. The number of hydrogen-bond acceptors (Lipinski definition) is 6. The molecule has 1 heterocycles. The van der Waals surface area contributed by atoms with Crippen LogP contribution >= 0.6 is 11.7 Å². The van der Waals surface area contributed by atoms with E-state index in [9.17, 15) is 13.2 Å². The molecule has 0 radical (unpaired) electrons. The van der Waals surface area contributed by atoms with Gasteiger partial charge in [0.15, 0.2) is 0 Å². The second kappa shape index (κ2) is 5.83. The van der Waals surface area contributed by atoms with Gasteiger partial charge in [0.05, 0.1) is 17.1 Å². The topological polar surface area (TPSA) is 89.0 Å². The highest BCUT2D eigenvalue weighted by Gasteiger charge is 2.45. The second-order valence-corrected chi connectivity index (χ2v) is 8.73. The molecule has 0 bridgehead atoms. The molecule has 0 aliphatic heterocycles. The highest BCUT2D eigenvalue weighted by molar-refractivity contribution is 7.90. The smallest absolute Gasteiger partial charge is 0.266 e. The number of fused-ring (bicyclic) bond motifs is 1. The first-order valence-corrected chi connectivity index (χ1v) is 9.84. The van der Waals surface area contributed by atoms with Crippen LogP contribution in [0.2, 0.25) is 0 Å². The van der Waals surface area contributed by atoms with Gasteiger partial charge in [0.25, 0.3) is 10.0 Å². The van der Waals surface area contributed by atoms with Crippen LogP contribution in [0.5, 0.6) is 0 Å². The number of benzene rings is 1. The fourth-order valence-electron chi connectivity index (χ4n) is 3.19. The van der Waals surface area contributed by atoms with Crippen LogP contribution in [0, 0.1) is 11.3 Å². The standard InChI is InChI=1S/C15H19N3O3S2/c1-10(2)9-15(7-4-8-15)14(19)18-23(20,21)12-6-3-5-11-13(12)17-22-16-11/h3,5-6,10H,4,7-9H2,1-2H3,(H,18,19). The van der Waals surface area contributed by atoms with Gasteiger partial charge in [-0.3, -0.25) is 4.79 Å². The third-order valence-electron chi connectivity index (χ3n) is 4.36. The van der Waals surface area contributed by atoms with E-state index in [1.165, 1.54) is 6.07 Å². The van der Waals surface area contributed by atoms with Crippen molar-refractivity contribution in [3.63, 3.8) is 0 Å². The summed E-state index contributed by atoms with van der Waals surface area (Å²) < 4.78 is 35.6. The molecule has 8 heteroatoms. The van der Waals surface area contributed by atoms with Crippen molar-refractivity contribution in [2.45, 2.75) is 44.4 Å². The first kappa shape index (κ1) is 16.3. The Labute approximate surface area is 139 Å². The summed E-state index contributed by atoms with van der Waals surface area (Å²) in [6, 6.07) is 4.76. The van der Waals surface area contributed by atoms with Crippen LogP contribution < -0.4 is 4.72 Å². The van der Waals surface area contributed by atoms with Crippen LogP contribution in [0.15, 0.2) is 23.1 Å². The number of nitrogens with zero attached hydrogens (tertiary/aromatic N) is 2. The molecular weight excluding hydrogens is 334 g/mol. The van der Waals surface area contributed by atoms with Crippen LogP contribution in [-0.4, -0.2) is 23.1 Å². The summed E-state index contributed by atoms with van der Waals surface area (Å²) in [5.74, 6) is -0.0485. The number of amides is 1. The van der Waals surface area contributed by atoms with Gasteiger partial charge >= 0.3 is 0 Å². The SMILES string of the molecule is CC(C)CC1(C(=O)NS(=O)(=O)c2cccc3nsnc23)CCC1. The van der Waals surface area contributed by atoms with E-state index in [-0.39, 0.29) is 4.90 Å². The van der Waals surface area contributed by atoms with Gasteiger partial charge in [-0.15, -0.1) is 0 Å². The Hall–Kier alpha value is -1.54. The Kier molecular flexibility index (Phi) is 4.14. The predicted octanol–water partition coefficient (Wildman–Crippen LogP) is 2.71. The molecule has 1 amide bonds. The van der Waals surface area contributed by atoms with E-state index in [0.29, 0.717) is 23.4 Å². The van der Waals surface area contributed by atoms with E-state index < -0.39 is 21.3 Å². The zero-order chi connectivity index (χ0) is 16.7. The molecular formula is C15H19N3O3S2. The van der Waals surface area contributed by atoms with Gasteiger partial charge < -0.3 is 0 Å². The molecule has 0 atom stereocenters. The third-order valence-corrected chi connectivity index (χ3v) is 6.26. The summed E-state index contributed by atoms with van der Waals surface area (Å²) in [5.41, 5.74) is 0.283. The molecule has 1 aromatic carbocycles. The molecule has 0 spiro atoms. The largest absolute Gasteiger partial charge is 0.273 e. The Morgan fingerprint density at radius 1 is 1.35 bits per heavy atom. The fraction of sp³-hybridized carbons (Fsp3) is 0.533. The molecule has 1 fully saturated rings. The van der Waals surface area contributed by atoms with E-state index in [1.54, 1.807) is 12.1 Å². The molecule has 3 rings (SSSR count). The van der Waals surface area contributed by atoms with Gasteiger partial charge in [0.2, 0.25) is 5.91 Å². The quantitative estimate of drug-likeness (QED) is 0.893. The van der Waals surface area contributed by atoms with Crippen molar-refractivity contribution in [1.29, 1.82) is 0 Å². The molecule has 1 N–H and O–H groups in total. The molecule has 6 nitrogen and oxygen atoms in total. The average molecular weight is 353 g/mol. The molecule has 0 unspecified atom stereocenters. The summed E-state index contributed by atoms with van der Waals surface area (Å²) in [5, 5.41) is 0. The van der Waals surface area contributed by atoms with Gasteiger partial charge in [-0.2, -0.15) is 8.75 Å². The molecule has 1 saturated carbocycles. The minimum Gasteiger partial charge on any atom is -0.273 e. The lowest BCUT2D eigenvalue weighted by atomic mass is 9.64. The van der Waals surface area contributed by atoms with E-state index in [1.807, 2.05) is 13.8 Å². The van der Waals surface area contributed by atoms with Crippen LogP contribution in [0.3, 0.4) is 0 Å². The number of rotatable bonds is 5. The van der Waals surface area contributed by atoms with Crippen LogP contribution in [0.1, 0.15) is 39.5 Å². The molecule has 1 aromatic heterocycles. The van der Waals surface area contributed by atoms with E-state index in [4.69, 9.17) is 0 Å². The molecule has 0 saturated heterocycles. The van der Waals surface area contributed by atoms with E-state index >= 15 is 0 Å². The normalized spacial score (nSPS) is 17.2. The van der Waals surface area contributed by atoms with Crippen molar-refractivity contribution in [2.75, 3.05) is 0 Å². The number of hydrogen-bond donors (Lipinski definition) is 1. The van der Waals surface area contributed by atoms with Gasteiger partial charge in [-0.25, -0.2) is 13.1 Å². The minimum atomic E-state index is -3.95. The maximum Gasteiger partial charge on any atom is 0.266 e. The minimum absolute atomic E-state index is 0.0103. The van der Waals surface area contributed by atoms with Crippen molar-refractivity contribution in [3.05, 3.63) is 18.2 Å². The zero-order valence-electron chi connectivity index (χ0n) is 13.1. The summed E-state index contributed by atoms with van der Waals surface area (Å²) in [7, 11) is -3.95. The third kappa shape index (κ3) is 2.97. The van der Waals surface area contributed by atoms with Crippen molar-refractivity contribution in [3.8, 4) is 0 Å². The predicted molar refractivity (Wildman–Crippen MR) is 88.5 cm³/mol. The zero-order valence-corrected chi connectivity index (χ0v) is 14.7. The Morgan fingerprint density at radius 3 is 2.70 bits per heavy atom. The highest BCUT2D eigenvalue weighted by atomic mass is 32.2. The summed E-state index contributed by atoms with van der Waals surface area (Å²) >= 11 is 0.955. The van der Waals surface area contributed by atoms with Gasteiger partial charge in [-0.05, 0) is 37.3 Å². The number of carbonyl (C=O) groups is 1. The molecule has 2 aromatic rings. The number of nitrogens with one attached hydrogen (secondary N) is 1. The van der Waals surface area contributed by atoms with Crippen molar-refractivity contribution in [1.82, 2.24) is 13.5 Å². The lowest BCUT2D eigenvalue weighted by Crippen LogP contribution is -2.48. The molecule has 124 valence electrons. The Morgan fingerprint density at radius 2 is 2.09 bits per heavy atom. The first-order valence-electron chi connectivity index (χ1n) is 7.63. The maximum atomic E-state index is 12.6. The monoisotopic (exact) mass is 353 g/mol. The van der Waals surface area contributed by atoms with Gasteiger partial charge in [-0.1, -0.05) is 26.3 Å². The van der Waals surface area contributed by atoms with E-state index in [2.05, 4.69) is 13.5 Å². The first-order chi connectivity index (χ1) is 10.8. The molecule has 23 heavy (non-hydrogen) atoms. The van der Waals surface area contributed by atoms with Crippen LogP contribution in [0.4, 0.5) is 0 Å². The lowest BCUT2D eigenvalue weighted by Gasteiger charge is -2.41. The van der Waals surface area contributed by atoms with Crippen molar-refractivity contribution >= 4 is 38.7 Å². The Balaban J connectivity index is 1.89. The number of sulfonamides is 1. The number of aromatic nitrogens is 2. The van der Waals surface area contributed by atoms with Gasteiger partial charge in [0.1, 0.15) is 15.9 Å². The van der Waals surface area contributed by atoms with Crippen molar-refractivity contribution < 1.29 is 13.2 Å². The lowest BCUT2D eigenvalue weighted by molar-refractivity contribution is -0.135. The second-order valence-electron chi connectivity index (χ2n) is 6.55. The summed E-state index contributed by atoms with van der Waals surface area (Å²) in [6.07, 6.45) is 3.16. The summed E-state index contributed by atoms with van der Waals surface area (Å²) in [6.45, 7) is 4.09. The maximum absolute atomic E-state index is 12.6.